The van der Waals surface area contributed by atoms with Crippen LogP contribution in [0.3, 0.4) is 0 Å². The number of ether oxygens (including phenoxy) is 1. The zero-order chi connectivity index (χ0) is 26.9. The van der Waals surface area contributed by atoms with Gasteiger partial charge in [0.05, 0.1) is 20.2 Å². The van der Waals surface area contributed by atoms with Gasteiger partial charge in [0.15, 0.2) is 0 Å². The van der Waals surface area contributed by atoms with Crippen molar-refractivity contribution in [3.63, 3.8) is 0 Å². The topological polar surface area (TPSA) is 134 Å². The van der Waals surface area contributed by atoms with E-state index in [2.05, 4.69) is 15.3 Å². The number of carboxylic acid groups (broad SMARTS) is 1. The van der Waals surface area contributed by atoms with Crippen molar-refractivity contribution in [3.05, 3.63) is 40.6 Å². The fourth-order valence-electron chi connectivity index (χ4n) is 4.03. The van der Waals surface area contributed by atoms with Crippen LogP contribution in [0.4, 0.5) is 24.9 Å². The number of nitrogens with one attached hydrogen (secondary N) is 1. The van der Waals surface area contributed by atoms with Crippen LogP contribution in [0.1, 0.15) is 48.6 Å². The molecule has 0 saturated carbocycles. The van der Waals surface area contributed by atoms with E-state index in [1.54, 1.807) is 25.1 Å². The molecule has 0 aliphatic carbocycles. The summed E-state index contributed by atoms with van der Waals surface area (Å²) < 4.78 is 44.2. The Bertz CT molecular complexity index is 1010. The number of nitrogen functional groups attached to an aromatic ring is 1. The molecule has 0 radical (unpaired) electrons. The molecule has 1 atom stereocenters. The first-order valence-electron chi connectivity index (χ1n) is 11.6. The molecule has 9 nitrogen and oxygen atoms in total. The summed E-state index contributed by atoms with van der Waals surface area (Å²) in [5, 5.41) is 21.8. The Morgan fingerprint density at radius 2 is 2.00 bits per heavy atom. The van der Waals surface area contributed by atoms with E-state index in [1.165, 1.54) is 7.11 Å². The molecule has 0 bridgehead atoms. The number of nitrogens with two attached hydrogens (primary N) is 1. The fraction of sp³-hybridized carbons (Fsp3) is 0.542. The number of alkyl halides is 3. The minimum Gasteiger partial charge on any atom is -0.496 e. The second-order valence-electron chi connectivity index (χ2n) is 8.61. The number of hydrogen-bond acceptors (Lipinski definition) is 8. The van der Waals surface area contributed by atoms with Crippen LogP contribution in [-0.2, 0) is 17.8 Å². The van der Waals surface area contributed by atoms with E-state index in [4.69, 9.17) is 15.6 Å². The number of aromatic nitrogens is 2. The number of hydrogen-bond donors (Lipinski definition) is 4. The van der Waals surface area contributed by atoms with E-state index in [0.29, 0.717) is 35.7 Å². The summed E-state index contributed by atoms with van der Waals surface area (Å²) in [5.74, 6) is -0.235. The molecule has 5 N–H and O–H groups in total. The summed E-state index contributed by atoms with van der Waals surface area (Å²) in [4.78, 5) is 20.5. The third-order valence-electron chi connectivity index (χ3n) is 5.57. The summed E-state index contributed by atoms with van der Waals surface area (Å²) in [5.41, 5.74) is 8.55. The molecule has 200 valence electrons. The van der Waals surface area contributed by atoms with Crippen molar-refractivity contribution in [1.82, 2.24) is 14.9 Å². The Kier molecular flexibility index (Phi) is 10.7. The second-order valence-corrected chi connectivity index (χ2v) is 8.61. The summed E-state index contributed by atoms with van der Waals surface area (Å²) in [6.45, 7) is 1.58. The molecule has 1 unspecified atom stereocenters. The minimum atomic E-state index is -4.53. The third kappa shape index (κ3) is 9.15. The normalized spacial score (nSPS) is 12.6. The summed E-state index contributed by atoms with van der Waals surface area (Å²) in [7, 11) is 1.46. The average molecular weight is 514 g/mol. The number of aryl methyl sites for hydroxylation is 1. The highest BCUT2D eigenvalue weighted by molar-refractivity contribution is 5.69. The molecule has 1 aromatic heterocycles. The van der Waals surface area contributed by atoms with Crippen LogP contribution in [0, 0.1) is 6.92 Å². The maximum absolute atomic E-state index is 12.9. The molecule has 1 heterocycles. The number of nitrogens with zero attached hydrogens (tertiary/aromatic N) is 3. The molecular formula is C24H34F3N5O4. The van der Waals surface area contributed by atoms with Gasteiger partial charge in [0.1, 0.15) is 11.6 Å². The molecule has 12 heteroatoms. The number of anilines is 2. The molecule has 1 aromatic carbocycles. The number of aliphatic hydroxyl groups is 1. The first-order chi connectivity index (χ1) is 16.9. The largest absolute Gasteiger partial charge is 0.496 e. The van der Waals surface area contributed by atoms with E-state index in [1.807, 2.05) is 6.92 Å². The number of aliphatic carboxylic acids is 1. The van der Waals surface area contributed by atoms with E-state index in [0.717, 1.165) is 28.9 Å². The Morgan fingerprint density at radius 1 is 1.28 bits per heavy atom. The van der Waals surface area contributed by atoms with Crippen LogP contribution in [0.5, 0.6) is 5.75 Å². The van der Waals surface area contributed by atoms with Crippen molar-refractivity contribution in [2.45, 2.75) is 58.3 Å². The smallest absolute Gasteiger partial charge is 0.401 e. The lowest BCUT2D eigenvalue weighted by Crippen LogP contribution is -2.37. The maximum Gasteiger partial charge on any atom is 0.401 e. The third-order valence-corrected chi connectivity index (χ3v) is 5.57. The zero-order valence-corrected chi connectivity index (χ0v) is 20.7. The van der Waals surface area contributed by atoms with Crippen LogP contribution < -0.4 is 15.8 Å². The number of carboxylic acids is 1. The van der Waals surface area contributed by atoms with E-state index in [-0.39, 0.29) is 25.1 Å². The molecule has 0 aliphatic heterocycles. The van der Waals surface area contributed by atoms with Crippen molar-refractivity contribution < 1.29 is 32.9 Å². The monoisotopic (exact) mass is 513 g/mol. The highest BCUT2D eigenvalue weighted by Crippen LogP contribution is 2.29. The van der Waals surface area contributed by atoms with Crippen LogP contribution in [0.15, 0.2) is 18.2 Å². The Morgan fingerprint density at radius 3 is 2.58 bits per heavy atom. The quantitative estimate of drug-likeness (QED) is 0.300. The van der Waals surface area contributed by atoms with Crippen molar-refractivity contribution in [3.8, 4) is 5.75 Å². The van der Waals surface area contributed by atoms with Gasteiger partial charge in [0.25, 0.3) is 0 Å². The number of carbonyl (C=O) groups is 1. The lowest BCUT2D eigenvalue weighted by Gasteiger charge is -2.23. The predicted molar refractivity (Wildman–Crippen MR) is 130 cm³/mol. The SMILES string of the molecule is CCCC(CCO)Nc1nc(N)nc(C)c1Cc1ccc(CN(CC(=O)O)CC(F)(F)F)cc1OC. The lowest BCUT2D eigenvalue weighted by atomic mass is 10.0. The fourth-order valence-corrected chi connectivity index (χ4v) is 4.03. The number of halogens is 3. The van der Waals surface area contributed by atoms with E-state index < -0.39 is 25.2 Å². The van der Waals surface area contributed by atoms with Gasteiger partial charge in [0, 0.05) is 36.9 Å². The Balaban J connectivity index is 2.34. The molecule has 36 heavy (non-hydrogen) atoms. The molecule has 0 fully saturated rings. The second kappa shape index (κ2) is 13.3. The minimum absolute atomic E-state index is 0.00873. The summed E-state index contributed by atoms with van der Waals surface area (Å²) in [6.07, 6.45) is -1.89. The van der Waals surface area contributed by atoms with Crippen LogP contribution in [0.2, 0.25) is 0 Å². The lowest BCUT2D eigenvalue weighted by molar-refractivity contribution is -0.154. The molecule has 0 saturated heterocycles. The van der Waals surface area contributed by atoms with Gasteiger partial charge in [-0.1, -0.05) is 25.5 Å². The first-order valence-corrected chi connectivity index (χ1v) is 11.6. The van der Waals surface area contributed by atoms with Gasteiger partial charge in [0.2, 0.25) is 5.95 Å². The van der Waals surface area contributed by atoms with Gasteiger partial charge in [-0.05, 0) is 37.0 Å². The standard InChI is InChI=1S/C24H34F3N5O4/c1-4-5-18(8-9-33)30-22-19(15(2)29-23(28)31-22)11-17-7-6-16(10-20(17)36-3)12-32(13-21(34)35)14-24(25,26)27/h6-7,10,18,33H,4-5,8-9,11-14H2,1-3H3,(H,34,35)(H3,28,29,30,31). The van der Waals surface area contributed by atoms with Crippen molar-refractivity contribution in [2.75, 3.05) is 37.9 Å². The maximum atomic E-state index is 12.9. The molecule has 0 amide bonds. The first kappa shape index (κ1) is 29.1. The number of methoxy groups -OCH3 is 1. The number of benzene rings is 1. The highest BCUT2D eigenvalue weighted by atomic mass is 19.4. The summed E-state index contributed by atoms with van der Waals surface area (Å²) >= 11 is 0. The van der Waals surface area contributed by atoms with Crippen molar-refractivity contribution in [1.29, 1.82) is 0 Å². The van der Waals surface area contributed by atoms with Gasteiger partial charge in [-0.25, -0.2) is 4.98 Å². The van der Waals surface area contributed by atoms with Gasteiger partial charge < -0.3 is 26.0 Å². The number of aliphatic hydroxyl groups excluding tert-OH is 1. The molecule has 0 aliphatic rings. The molecule has 0 spiro atoms. The summed E-state index contributed by atoms with van der Waals surface area (Å²) in [6, 6.07) is 4.98. The molecule has 2 rings (SSSR count). The zero-order valence-electron chi connectivity index (χ0n) is 20.7. The van der Waals surface area contributed by atoms with Gasteiger partial charge in [-0.15, -0.1) is 0 Å². The number of rotatable bonds is 14. The Hall–Kier alpha value is -3.12. The van der Waals surface area contributed by atoms with Crippen LogP contribution in [0.25, 0.3) is 0 Å². The molecule has 2 aromatic rings. The van der Waals surface area contributed by atoms with Gasteiger partial charge in [-0.2, -0.15) is 18.2 Å². The van der Waals surface area contributed by atoms with Crippen molar-refractivity contribution in [2.24, 2.45) is 0 Å². The Labute approximate surface area is 208 Å². The average Bonchev–Trinajstić information content (AvgIpc) is 2.75. The van der Waals surface area contributed by atoms with Gasteiger partial charge >= 0.3 is 12.1 Å². The predicted octanol–water partition coefficient (Wildman–Crippen LogP) is 3.38. The van der Waals surface area contributed by atoms with E-state index in [9.17, 15) is 23.1 Å². The van der Waals surface area contributed by atoms with Gasteiger partial charge in [-0.3, -0.25) is 9.69 Å². The molecular weight excluding hydrogens is 479 g/mol. The van der Waals surface area contributed by atoms with Crippen LogP contribution in [-0.4, -0.2) is 70.1 Å². The van der Waals surface area contributed by atoms with Crippen molar-refractivity contribution >= 4 is 17.7 Å². The van der Waals surface area contributed by atoms with E-state index >= 15 is 0 Å². The van der Waals surface area contributed by atoms with Crippen LogP contribution >= 0.6 is 0 Å². The highest BCUT2D eigenvalue weighted by Gasteiger charge is 2.31.